The molecular weight excluding hydrogens is 204 g/mol. The van der Waals surface area contributed by atoms with Gasteiger partial charge in [-0.3, -0.25) is 15.1 Å². The van der Waals surface area contributed by atoms with Gasteiger partial charge in [-0.05, 0) is 17.6 Å². The molecule has 0 aliphatic carbocycles. The highest BCUT2D eigenvalue weighted by Gasteiger charge is 2.06. The van der Waals surface area contributed by atoms with Crippen molar-refractivity contribution in [2.75, 3.05) is 0 Å². The fraction of sp³-hybridized carbons (Fsp3) is 0.0833. The molecule has 1 aromatic heterocycles. The smallest absolute Gasteiger partial charge is 0.258 e. The molecule has 4 nitrogen and oxygen atoms in total. The third kappa shape index (κ3) is 3.16. The second-order valence-corrected chi connectivity index (χ2v) is 3.17. The Morgan fingerprint density at radius 2 is 2.25 bits per heavy atom. The maximum Gasteiger partial charge on any atom is 0.287 e. The molecule has 1 heterocycles. The molecule has 0 saturated carbocycles. The van der Waals surface area contributed by atoms with E-state index in [-0.39, 0.29) is 5.69 Å². The van der Waals surface area contributed by atoms with E-state index >= 15 is 0 Å². The first-order valence-electron chi connectivity index (χ1n) is 4.69. The molecule has 0 atom stereocenters. The molecule has 0 spiro atoms. The molecule has 0 aromatic carbocycles. The van der Waals surface area contributed by atoms with Gasteiger partial charge in [0.05, 0.1) is 4.92 Å². The van der Waals surface area contributed by atoms with Crippen LogP contribution in [0.2, 0.25) is 0 Å². The third-order valence-electron chi connectivity index (χ3n) is 1.99. The van der Waals surface area contributed by atoms with Crippen molar-refractivity contribution in [1.29, 1.82) is 0 Å². The van der Waals surface area contributed by atoms with E-state index in [4.69, 9.17) is 0 Å². The minimum absolute atomic E-state index is 0.000449. The minimum atomic E-state index is -0.457. The SMILES string of the molecule is C=C/C=C(\C=C)Cc1cncc([N+](=O)[O-])c1. The highest BCUT2D eigenvalue weighted by Crippen LogP contribution is 2.14. The fourth-order valence-electron chi connectivity index (χ4n) is 1.26. The Balaban J connectivity index is 2.92. The Hall–Kier alpha value is -2.23. The van der Waals surface area contributed by atoms with Gasteiger partial charge in [0.15, 0.2) is 0 Å². The summed E-state index contributed by atoms with van der Waals surface area (Å²) in [6.07, 6.45) is 8.56. The summed E-state index contributed by atoms with van der Waals surface area (Å²) in [6, 6.07) is 1.51. The summed E-state index contributed by atoms with van der Waals surface area (Å²) in [4.78, 5) is 13.9. The molecule has 0 aliphatic rings. The number of aromatic nitrogens is 1. The summed E-state index contributed by atoms with van der Waals surface area (Å²) < 4.78 is 0. The zero-order valence-electron chi connectivity index (χ0n) is 8.80. The number of nitro groups is 1. The van der Waals surface area contributed by atoms with Crippen LogP contribution in [0.3, 0.4) is 0 Å². The first-order valence-corrected chi connectivity index (χ1v) is 4.69. The van der Waals surface area contributed by atoms with Crippen molar-refractivity contribution >= 4 is 5.69 Å². The van der Waals surface area contributed by atoms with Crippen LogP contribution in [0.5, 0.6) is 0 Å². The summed E-state index contributed by atoms with van der Waals surface area (Å²) >= 11 is 0. The van der Waals surface area contributed by atoms with E-state index in [1.54, 1.807) is 18.3 Å². The van der Waals surface area contributed by atoms with Crippen LogP contribution in [0.15, 0.2) is 55.4 Å². The first-order chi connectivity index (χ1) is 7.67. The molecule has 0 amide bonds. The van der Waals surface area contributed by atoms with E-state index in [0.29, 0.717) is 6.42 Å². The molecule has 16 heavy (non-hydrogen) atoms. The molecule has 82 valence electrons. The Morgan fingerprint density at radius 1 is 1.50 bits per heavy atom. The van der Waals surface area contributed by atoms with E-state index in [2.05, 4.69) is 18.1 Å². The van der Waals surface area contributed by atoms with Crippen LogP contribution in [-0.4, -0.2) is 9.91 Å². The van der Waals surface area contributed by atoms with Crippen LogP contribution >= 0.6 is 0 Å². The van der Waals surface area contributed by atoms with Crippen LogP contribution < -0.4 is 0 Å². The van der Waals surface area contributed by atoms with Crippen LogP contribution in [0.4, 0.5) is 5.69 Å². The van der Waals surface area contributed by atoms with E-state index in [1.807, 2.05) is 6.08 Å². The summed E-state index contributed by atoms with van der Waals surface area (Å²) in [5.74, 6) is 0. The second kappa shape index (κ2) is 5.60. The number of allylic oxidation sites excluding steroid dienone is 4. The summed E-state index contributed by atoms with van der Waals surface area (Å²) in [5.41, 5.74) is 1.72. The van der Waals surface area contributed by atoms with Gasteiger partial charge in [-0.1, -0.05) is 31.4 Å². The third-order valence-corrected chi connectivity index (χ3v) is 1.99. The Kier molecular flexibility index (Phi) is 4.15. The van der Waals surface area contributed by atoms with Gasteiger partial charge in [0.25, 0.3) is 5.69 Å². The molecule has 0 N–H and O–H groups in total. The molecule has 0 radical (unpaired) electrons. The molecule has 0 bridgehead atoms. The number of hydrogen-bond donors (Lipinski definition) is 0. The quantitative estimate of drug-likeness (QED) is 0.432. The highest BCUT2D eigenvalue weighted by molar-refractivity contribution is 5.34. The maximum absolute atomic E-state index is 10.5. The monoisotopic (exact) mass is 216 g/mol. The van der Waals surface area contributed by atoms with Gasteiger partial charge < -0.3 is 0 Å². The van der Waals surface area contributed by atoms with Gasteiger partial charge in [-0.25, -0.2) is 0 Å². The number of rotatable bonds is 5. The Labute approximate surface area is 93.8 Å². The maximum atomic E-state index is 10.5. The number of nitrogens with zero attached hydrogens (tertiary/aromatic N) is 2. The number of hydrogen-bond acceptors (Lipinski definition) is 3. The normalized spacial score (nSPS) is 10.9. The summed E-state index contributed by atoms with van der Waals surface area (Å²) in [5, 5.41) is 10.5. The van der Waals surface area contributed by atoms with Crippen molar-refractivity contribution in [2.45, 2.75) is 6.42 Å². The van der Waals surface area contributed by atoms with Crippen molar-refractivity contribution < 1.29 is 4.92 Å². The van der Waals surface area contributed by atoms with Gasteiger partial charge in [0.1, 0.15) is 6.20 Å². The topological polar surface area (TPSA) is 56.0 Å². The summed E-state index contributed by atoms with van der Waals surface area (Å²) in [7, 11) is 0. The van der Waals surface area contributed by atoms with Crippen molar-refractivity contribution in [3.63, 3.8) is 0 Å². The molecule has 0 saturated heterocycles. The average molecular weight is 216 g/mol. The summed E-state index contributed by atoms with van der Waals surface area (Å²) in [6.45, 7) is 7.25. The Morgan fingerprint density at radius 3 is 2.81 bits per heavy atom. The van der Waals surface area contributed by atoms with Crippen molar-refractivity contribution in [1.82, 2.24) is 4.98 Å². The molecule has 4 heteroatoms. The lowest BCUT2D eigenvalue weighted by Gasteiger charge is -2.01. The fourth-order valence-corrected chi connectivity index (χ4v) is 1.26. The van der Waals surface area contributed by atoms with Crippen LogP contribution in [0.25, 0.3) is 0 Å². The lowest BCUT2D eigenvalue weighted by molar-refractivity contribution is -0.385. The van der Waals surface area contributed by atoms with Crippen LogP contribution in [0.1, 0.15) is 5.56 Å². The van der Waals surface area contributed by atoms with E-state index in [9.17, 15) is 10.1 Å². The zero-order chi connectivity index (χ0) is 12.0. The van der Waals surface area contributed by atoms with Gasteiger partial charge in [-0.2, -0.15) is 0 Å². The molecule has 1 rings (SSSR count). The lowest BCUT2D eigenvalue weighted by Crippen LogP contribution is -1.93. The average Bonchev–Trinajstić information content (AvgIpc) is 2.29. The lowest BCUT2D eigenvalue weighted by atomic mass is 10.1. The minimum Gasteiger partial charge on any atom is -0.258 e. The van der Waals surface area contributed by atoms with E-state index in [0.717, 1.165) is 11.1 Å². The predicted molar refractivity (Wildman–Crippen MR) is 63.1 cm³/mol. The van der Waals surface area contributed by atoms with Gasteiger partial charge >= 0.3 is 0 Å². The van der Waals surface area contributed by atoms with Crippen LogP contribution in [0, 0.1) is 10.1 Å². The van der Waals surface area contributed by atoms with Crippen molar-refractivity contribution in [3.8, 4) is 0 Å². The highest BCUT2D eigenvalue weighted by atomic mass is 16.6. The second-order valence-electron chi connectivity index (χ2n) is 3.17. The standard InChI is InChI=1S/C12H12N2O2/c1-3-5-10(4-2)6-11-7-12(14(15)16)9-13-8-11/h3-5,7-9H,1-2,6H2/b10-5+. The first kappa shape index (κ1) is 11.8. The molecule has 0 unspecified atom stereocenters. The van der Waals surface area contributed by atoms with Gasteiger partial charge in [-0.15, -0.1) is 0 Å². The van der Waals surface area contributed by atoms with Crippen molar-refractivity contribution in [3.05, 3.63) is 71.1 Å². The van der Waals surface area contributed by atoms with Gasteiger partial charge in [0.2, 0.25) is 0 Å². The van der Waals surface area contributed by atoms with Crippen molar-refractivity contribution in [2.24, 2.45) is 0 Å². The van der Waals surface area contributed by atoms with Gasteiger partial charge in [0, 0.05) is 12.3 Å². The molecular formula is C12H12N2O2. The van der Waals surface area contributed by atoms with Crippen LogP contribution in [-0.2, 0) is 6.42 Å². The zero-order valence-corrected chi connectivity index (χ0v) is 8.80. The Bertz CT molecular complexity index is 450. The van der Waals surface area contributed by atoms with E-state index < -0.39 is 4.92 Å². The van der Waals surface area contributed by atoms with E-state index in [1.165, 1.54) is 12.3 Å². The molecule has 0 fully saturated rings. The molecule has 1 aromatic rings. The molecule has 0 aliphatic heterocycles. The largest absolute Gasteiger partial charge is 0.287 e. The predicted octanol–water partition coefficient (Wildman–Crippen LogP) is 2.83. The number of pyridine rings is 1.